The monoisotopic (exact) mass is 281 g/mol. The molecule has 0 unspecified atom stereocenters. The zero-order valence-electron chi connectivity index (χ0n) is 9.94. The van der Waals surface area contributed by atoms with Crippen molar-refractivity contribution in [3.63, 3.8) is 0 Å². The first-order valence-corrected chi connectivity index (χ1v) is 6.62. The Hall–Kier alpha value is -1.96. The van der Waals surface area contributed by atoms with Crippen molar-refractivity contribution in [1.29, 1.82) is 0 Å². The number of aromatic nitrogens is 2. The highest BCUT2D eigenvalue weighted by Crippen LogP contribution is 2.15. The lowest BCUT2D eigenvalue weighted by molar-refractivity contribution is -0.197. The molecule has 1 fully saturated rings. The van der Waals surface area contributed by atoms with Crippen molar-refractivity contribution in [2.75, 3.05) is 5.75 Å². The Balaban J connectivity index is 1.73. The zero-order chi connectivity index (χ0) is 13.7. The fraction of sp³-hybridized carbons (Fsp3) is 0.364. The summed E-state index contributed by atoms with van der Waals surface area (Å²) in [6.07, 6.45) is 3.47. The van der Waals surface area contributed by atoms with Crippen molar-refractivity contribution in [2.24, 2.45) is 0 Å². The molecule has 100 valence electrons. The maximum absolute atomic E-state index is 11.5. The third-order valence-electron chi connectivity index (χ3n) is 2.28. The SMILES string of the molecule is O=C(CCSc1ncccn1)ON1C(=O)CCC1=O. The van der Waals surface area contributed by atoms with E-state index in [-0.39, 0.29) is 19.3 Å². The third kappa shape index (κ3) is 3.75. The minimum Gasteiger partial charge on any atom is -0.330 e. The van der Waals surface area contributed by atoms with Crippen molar-refractivity contribution in [2.45, 2.75) is 24.4 Å². The first-order valence-electron chi connectivity index (χ1n) is 5.63. The fourth-order valence-corrected chi connectivity index (χ4v) is 2.11. The van der Waals surface area contributed by atoms with E-state index in [1.807, 2.05) is 0 Å². The van der Waals surface area contributed by atoms with Gasteiger partial charge in [0.2, 0.25) is 0 Å². The van der Waals surface area contributed by atoms with E-state index < -0.39 is 17.8 Å². The van der Waals surface area contributed by atoms with E-state index in [0.29, 0.717) is 16.0 Å². The molecule has 7 nitrogen and oxygen atoms in total. The Labute approximate surface area is 113 Å². The maximum Gasteiger partial charge on any atom is 0.334 e. The number of rotatable bonds is 5. The lowest BCUT2D eigenvalue weighted by Crippen LogP contribution is -2.32. The van der Waals surface area contributed by atoms with Gasteiger partial charge < -0.3 is 4.84 Å². The van der Waals surface area contributed by atoms with Crippen LogP contribution in [0.4, 0.5) is 0 Å². The standard InChI is InChI=1S/C11H11N3O4S/c15-8-2-3-9(16)14(8)18-10(17)4-7-19-11-12-5-1-6-13-11/h1,5-6H,2-4,7H2. The van der Waals surface area contributed by atoms with Gasteiger partial charge in [-0.1, -0.05) is 11.8 Å². The Bertz CT molecular complexity index is 478. The molecule has 1 aliphatic rings. The Morgan fingerprint density at radius 3 is 2.53 bits per heavy atom. The molecule has 1 aliphatic heterocycles. The minimum absolute atomic E-state index is 0.0694. The summed E-state index contributed by atoms with van der Waals surface area (Å²) in [7, 11) is 0. The van der Waals surface area contributed by atoms with Crippen molar-refractivity contribution in [3.05, 3.63) is 18.5 Å². The smallest absolute Gasteiger partial charge is 0.330 e. The van der Waals surface area contributed by atoms with Gasteiger partial charge in [-0.3, -0.25) is 9.59 Å². The summed E-state index contributed by atoms with van der Waals surface area (Å²) in [6, 6.07) is 1.70. The highest BCUT2D eigenvalue weighted by molar-refractivity contribution is 7.99. The van der Waals surface area contributed by atoms with Crippen LogP contribution >= 0.6 is 11.8 Å². The summed E-state index contributed by atoms with van der Waals surface area (Å²) in [4.78, 5) is 46.6. The summed E-state index contributed by atoms with van der Waals surface area (Å²) < 4.78 is 0. The van der Waals surface area contributed by atoms with E-state index in [4.69, 9.17) is 4.84 Å². The van der Waals surface area contributed by atoms with Crippen LogP contribution in [0, 0.1) is 0 Å². The van der Waals surface area contributed by atoms with Crippen LogP contribution in [0.25, 0.3) is 0 Å². The van der Waals surface area contributed by atoms with E-state index in [0.717, 1.165) is 0 Å². The highest BCUT2D eigenvalue weighted by Gasteiger charge is 2.32. The molecule has 2 heterocycles. The molecule has 0 radical (unpaired) electrons. The predicted octanol–water partition coefficient (Wildman–Crippen LogP) is 0.566. The number of carbonyl (C=O) groups is 3. The summed E-state index contributed by atoms with van der Waals surface area (Å²) in [5.74, 6) is -1.15. The van der Waals surface area contributed by atoms with Crippen molar-refractivity contribution in [3.8, 4) is 0 Å². The van der Waals surface area contributed by atoms with Gasteiger partial charge in [-0.05, 0) is 6.07 Å². The summed E-state index contributed by atoms with van der Waals surface area (Å²) >= 11 is 1.30. The molecule has 8 heteroatoms. The van der Waals surface area contributed by atoms with Crippen LogP contribution in [0.3, 0.4) is 0 Å². The number of imide groups is 1. The van der Waals surface area contributed by atoms with Gasteiger partial charge in [-0.25, -0.2) is 14.8 Å². The molecule has 2 amide bonds. The normalized spacial score (nSPS) is 14.8. The number of hydrogen-bond donors (Lipinski definition) is 0. The number of amides is 2. The zero-order valence-corrected chi connectivity index (χ0v) is 10.8. The van der Waals surface area contributed by atoms with Crippen LogP contribution in [0.2, 0.25) is 0 Å². The van der Waals surface area contributed by atoms with E-state index in [9.17, 15) is 14.4 Å². The molecule has 0 spiro atoms. The van der Waals surface area contributed by atoms with Gasteiger partial charge in [0.05, 0.1) is 6.42 Å². The first-order chi connectivity index (χ1) is 9.16. The molecule has 1 aromatic heterocycles. The molecule has 2 rings (SSSR count). The Morgan fingerprint density at radius 2 is 1.89 bits per heavy atom. The van der Waals surface area contributed by atoms with Gasteiger partial charge in [-0.15, -0.1) is 5.06 Å². The Morgan fingerprint density at radius 1 is 1.26 bits per heavy atom. The maximum atomic E-state index is 11.5. The van der Waals surface area contributed by atoms with Crippen LogP contribution in [-0.2, 0) is 19.2 Å². The molecule has 0 aliphatic carbocycles. The van der Waals surface area contributed by atoms with Gasteiger partial charge in [0.15, 0.2) is 5.16 Å². The second-order valence-electron chi connectivity index (χ2n) is 3.67. The van der Waals surface area contributed by atoms with E-state index in [1.165, 1.54) is 11.8 Å². The first kappa shape index (κ1) is 13.5. The van der Waals surface area contributed by atoms with Crippen molar-refractivity contribution >= 4 is 29.5 Å². The molecule has 0 aromatic carbocycles. The number of nitrogens with zero attached hydrogens (tertiary/aromatic N) is 3. The molecular weight excluding hydrogens is 270 g/mol. The van der Waals surface area contributed by atoms with Crippen LogP contribution in [0.15, 0.2) is 23.6 Å². The Kier molecular flexibility index (Phi) is 4.45. The van der Waals surface area contributed by atoms with Crippen LogP contribution in [-0.4, -0.2) is 38.6 Å². The van der Waals surface area contributed by atoms with Crippen LogP contribution in [0.5, 0.6) is 0 Å². The predicted molar refractivity (Wildman–Crippen MR) is 64.6 cm³/mol. The van der Waals surface area contributed by atoms with Crippen molar-refractivity contribution in [1.82, 2.24) is 15.0 Å². The average Bonchev–Trinajstić information content (AvgIpc) is 2.72. The fourth-order valence-electron chi connectivity index (χ4n) is 1.39. The average molecular weight is 281 g/mol. The lowest BCUT2D eigenvalue weighted by atomic mass is 10.4. The van der Waals surface area contributed by atoms with Crippen LogP contribution < -0.4 is 0 Å². The van der Waals surface area contributed by atoms with E-state index in [1.54, 1.807) is 18.5 Å². The van der Waals surface area contributed by atoms with E-state index >= 15 is 0 Å². The number of carbonyl (C=O) groups excluding carboxylic acids is 3. The number of hydrogen-bond acceptors (Lipinski definition) is 7. The molecule has 1 saturated heterocycles. The third-order valence-corrected chi connectivity index (χ3v) is 3.16. The van der Waals surface area contributed by atoms with Gasteiger partial charge >= 0.3 is 5.97 Å². The highest BCUT2D eigenvalue weighted by atomic mass is 32.2. The molecule has 1 aromatic rings. The molecular formula is C11H11N3O4S. The van der Waals surface area contributed by atoms with E-state index in [2.05, 4.69) is 9.97 Å². The molecule has 19 heavy (non-hydrogen) atoms. The van der Waals surface area contributed by atoms with Crippen LogP contribution in [0.1, 0.15) is 19.3 Å². The second kappa shape index (κ2) is 6.28. The summed E-state index contributed by atoms with van der Waals surface area (Å²) in [6.45, 7) is 0. The lowest BCUT2D eigenvalue weighted by Gasteiger charge is -2.12. The molecule has 0 saturated carbocycles. The minimum atomic E-state index is -0.618. The van der Waals surface area contributed by atoms with Gasteiger partial charge in [0, 0.05) is 31.0 Å². The molecule has 0 bridgehead atoms. The second-order valence-corrected chi connectivity index (χ2v) is 4.74. The summed E-state index contributed by atoms with van der Waals surface area (Å²) in [5.41, 5.74) is 0. The largest absolute Gasteiger partial charge is 0.334 e. The number of hydroxylamine groups is 2. The van der Waals surface area contributed by atoms with Gasteiger partial charge in [-0.2, -0.15) is 0 Å². The number of thioether (sulfide) groups is 1. The quantitative estimate of drug-likeness (QED) is 0.442. The van der Waals surface area contributed by atoms with Crippen molar-refractivity contribution < 1.29 is 19.2 Å². The molecule has 0 N–H and O–H groups in total. The molecule has 0 atom stereocenters. The van der Waals surface area contributed by atoms with Gasteiger partial charge in [0.1, 0.15) is 0 Å². The van der Waals surface area contributed by atoms with Gasteiger partial charge in [0.25, 0.3) is 11.8 Å². The summed E-state index contributed by atoms with van der Waals surface area (Å²) in [5, 5.41) is 1.11. The topological polar surface area (TPSA) is 89.5 Å².